The zero-order valence-electron chi connectivity index (χ0n) is 18.0. The molecule has 32 heavy (non-hydrogen) atoms. The summed E-state index contributed by atoms with van der Waals surface area (Å²) in [5.41, 5.74) is 4.92. The summed E-state index contributed by atoms with van der Waals surface area (Å²) < 4.78 is 33.7. The quantitative estimate of drug-likeness (QED) is 0.431. The molecule has 0 radical (unpaired) electrons. The molecule has 1 heterocycles. The summed E-state index contributed by atoms with van der Waals surface area (Å²) in [6.45, 7) is 3.35. The zero-order chi connectivity index (χ0) is 23.3. The lowest BCUT2D eigenvalue weighted by Gasteiger charge is -2.18. The van der Waals surface area contributed by atoms with Crippen LogP contribution >= 0.6 is 11.8 Å². The van der Waals surface area contributed by atoms with E-state index in [1.165, 1.54) is 17.8 Å². The highest BCUT2D eigenvalue weighted by Crippen LogP contribution is 2.19. The number of hydrogen-bond acceptors (Lipinski definition) is 6. The summed E-state index contributed by atoms with van der Waals surface area (Å²) in [6.07, 6.45) is 2.11. The van der Waals surface area contributed by atoms with Gasteiger partial charge in [0.1, 0.15) is 17.6 Å². The van der Waals surface area contributed by atoms with Crippen LogP contribution in [0.25, 0.3) is 10.8 Å². The van der Waals surface area contributed by atoms with Crippen molar-refractivity contribution >= 4 is 44.4 Å². The van der Waals surface area contributed by atoms with Gasteiger partial charge in [-0.2, -0.15) is 16.5 Å². The maximum Gasteiger partial charge on any atom is 0.273 e. The highest BCUT2D eigenvalue weighted by atomic mass is 32.2. The monoisotopic (exact) mass is 475 g/mol. The molecule has 0 spiro atoms. The van der Waals surface area contributed by atoms with Gasteiger partial charge in [0.2, 0.25) is 10.0 Å². The molecule has 1 atom stereocenters. The van der Waals surface area contributed by atoms with Crippen molar-refractivity contribution in [2.45, 2.75) is 31.2 Å². The van der Waals surface area contributed by atoms with Gasteiger partial charge in [-0.3, -0.25) is 20.4 Å². The highest BCUT2D eigenvalue weighted by Gasteiger charge is 2.26. The molecule has 0 bridgehead atoms. The molecular weight excluding hydrogens is 450 g/mol. The Labute approximate surface area is 191 Å². The standard InChI is InChI=1S/C22H25N3O5S2/c1-14-12-19(15(2)30-14)21(26)23-24-22(27)20(10-11-31-3)25-32(28,29)18-9-8-16-6-4-5-7-17(16)13-18/h4-9,12-13,20,25H,10-11H2,1-3H3,(H,23,26)(H,24,27)/t20-/m1/s1. The van der Waals surface area contributed by atoms with E-state index in [9.17, 15) is 18.0 Å². The van der Waals surface area contributed by atoms with E-state index in [1.54, 1.807) is 32.0 Å². The van der Waals surface area contributed by atoms with Crippen molar-refractivity contribution in [3.05, 3.63) is 65.6 Å². The molecule has 170 valence electrons. The molecule has 0 saturated carbocycles. The van der Waals surface area contributed by atoms with Gasteiger partial charge >= 0.3 is 0 Å². The van der Waals surface area contributed by atoms with Crippen LogP contribution in [0.2, 0.25) is 0 Å². The molecule has 2 aromatic carbocycles. The van der Waals surface area contributed by atoms with Crippen molar-refractivity contribution in [3.8, 4) is 0 Å². The number of thioether (sulfide) groups is 1. The molecule has 10 heteroatoms. The Morgan fingerprint density at radius 3 is 2.41 bits per heavy atom. The van der Waals surface area contributed by atoms with E-state index in [0.29, 0.717) is 22.8 Å². The molecule has 0 aliphatic carbocycles. The Morgan fingerprint density at radius 1 is 1.03 bits per heavy atom. The van der Waals surface area contributed by atoms with Crippen molar-refractivity contribution < 1.29 is 22.4 Å². The van der Waals surface area contributed by atoms with Gasteiger partial charge in [0.05, 0.1) is 10.5 Å². The number of nitrogens with one attached hydrogen (secondary N) is 3. The molecule has 0 fully saturated rings. The number of carbonyl (C=O) groups excluding carboxylic acids is 2. The number of hydrazine groups is 1. The van der Waals surface area contributed by atoms with Crippen LogP contribution in [0.4, 0.5) is 0 Å². The van der Waals surface area contributed by atoms with Gasteiger partial charge in [-0.05, 0) is 61.2 Å². The summed E-state index contributed by atoms with van der Waals surface area (Å²) >= 11 is 1.48. The molecule has 3 N–H and O–H groups in total. The Hall–Kier alpha value is -2.82. The second kappa shape index (κ2) is 10.2. The number of sulfonamides is 1. The van der Waals surface area contributed by atoms with Crippen LogP contribution in [-0.2, 0) is 14.8 Å². The zero-order valence-corrected chi connectivity index (χ0v) is 19.6. The molecule has 2 amide bonds. The van der Waals surface area contributed by atoms with Gasteiger partial charge in [-0.1, -0.05) is 30.3 Å². The second-order valence-corrected chi connectivity index (χ2v) is 9.93. The van der Waals surface area contributed by atoms with Crippen molar-refractivity contribution in [1.29, 1.82) is 0 Å². The minimum absolute atomic E-state index is 0.0617. The van der Waals surface area contributed by atoms with Gasteiger partial charge in [0.25, 0.3) is 11.8 Å². The number of benzene rings is 2. The van der Waals surface area contributed by atoms with E-state index in [-0.39, 0.29) is 11.3 Å². The lowest BCUT2D eigenvalue weighted by atomic mass is 10.1. The number of amides is 2. The molecule has 8 nitrogen and oxygen atoms in total. The molecular formula is C22H25N3O5S2. The van der Waals surface area contributed by atoms with Crippen LogP contribution in [0.3, 0.4) is 0 Å². The molecule has 0 saturated heterocycles. The first-order chi connectivity index (χ1) is 15.2. The molecule has 3 rings (SSSR count). The summed E-state index contributed by atoms with van der Waals surface area (Å²) in [6, 6.07) is 12.7. The van der Waals surface area contributed by atoms with Crippen LogP contribution in [0, 0.1) is 13.8 Å². The predicted octanol–water partition coefficient (Wildman–Crippen LogP) is 2.91. The third-order valence-corrected chi connectivity index (χ3v) is 6.95. The predicted molar refractivity (Wildman–Crippen MR) is 125 cm³/mol. The number of carbonyl (C=O) groups is 2. The van der Waals surface area contributed by atoms with E-state index < -0.39 is 27.9 Å². The fourth-order valence-electron chi connectivity index (χ4n) is 3.20. The average Bonchev–Trinajstić information content (AvgIpc) is 3.12. The third-order valence-electron chi connectivity index (χ3n) is 4.84. The lowest BCUT2D eigenvalue weighted by Crippen LogP contribution is -2.52. The number of fused-ring (bicyclic) bond motifs is 1. The maximum atomic E-state index is 13.0. The van der Waals surface area contributed by atoms with Crippen molar-refractivity contribution in [1.82, 2.24) is 15.6 Å². The van der Waals surface area contributed by atoms with Gasteiger partial charge in [0.15, 0.2) is 0 Å². The van der Waals surface area contributed by atoms with E-state index >= 15 is 0 Å². The number of aryl methyl sites for hydroxylation is 2. The molecule has 3 aromatic rings. The van der Waals surface area contributed by atoms with E-state index in [0.717, 1.165) is 10.8 Å². The fraction of sp³-hybridized carbons (Fsp3) is 0.273. The van der Waals surface area contributed by atoms with Gasteiger partial charge in [0, 0.05) is 0 Å². The molecule has 1 aromatic heterocycles. The normalized spacial score (nSPS) is 12.5. The SMILES string of the molecule is CSCC[C@@H](NS(=O)(=O)c1ccc2ccccc2c1)C(=O)NNC(=O)c1cc(C)oc1C. The Morgan fingerprint density at radius 2 is 1.75 bits per heavy atom. The topological polar surface area (TPSA) is 118 Å². The molecule has 0 aliphatic heterocycles. The first-order valence-corrected chi connectivity index (χ1v) is 12.8. The van der Waals surface area contributed by atoms with E-state index in [2.05, 4.69) is 15.6 Å². The highest BCUT2D eigenvalue weighted by molar-refractivity contribution is 7.98. The minimum Gasteiger partial charge on any atom is -0.466 e. The second-order valence-electron chi connectivity index (χ2n) is 7.23. The largest absolute Gasteiger partial charge is 0.466 e. The summed E-state index contributed by atoms with van der Waals surface area (Å²) in [5, 5.41) is 1.69. The number of rotatable bonds is 8. The summed E-state index contributed by atoms with van der Waals surface area (Å²) in [4.78, 5) is 25.1. The van der Waals surface area contributed by atoms with Crippen LogP contribution in [0.5, 0.6) is 0 Å². The Bertz CT molecular complexity index is 1240. The van der Waals surface area contributed by atoms with Crippen LogP contribution in [-0.4, -0.2) is 38.3 Å². The average molecular weight is 476 g/mol. The van der Waals surface area contributed by atoms with Gasteiger partial charge in [-0.25, -0.2) is 8.42 Å². The smallest absolute Gasteiger partial charge is 0.273 e. The Balaban J connectivity index is 1.73. The van der Waals surface area contributed by atoms with E-state index in [1.807, 2.05) is 30.5 Å². The lowest BCUT2D eigenvalue weighted by molar-refractivity contribution is -0.123. The van der Waals surface area contributed by atoms with Crippen molar-refractivity contribution in [2.24, 2.45) is 0 Å². The van der Waals surface area contributed by atoms with Gasteiger partial charge < -0.3 is 4.42 Å². The third kappa shape index (κ3) is 5.70. The molecule has 0 aliphatic rings. The van der Waals surface area contributed by atoms with Gasteiger partial charge in [-0.15, -0.1) is 0 Å². The summed E-state index contributed by atoms with van der Waals surface area (Å²) in [7, 11) is -3.97. The van der Waals surface area contributed by atoms with Crippen LogP contribution < -0.4 is 15.6 Å². The first kappa shape index (κ1) is 23.8. The summed E-state index contributed by atoms with van der Waals surface area (Å²) in [5.74, 6) is 0.334. The first-order valence-electron chi connectivity index (χ1n) is 9.88. The maximum absolute atomic E-state index is 13.0. The van der Waals surface area contributed by atoms with Crippen molar-refractivity contribution in [3.63, 3.8) is 0 Å². The van der Waals surface area contributed by atoms with Crippen molar-refractivity contribution in [2.75, 3.05) is 12.0 Å². The fourth-order valence-corrected chi connectivity index (χ4v) is 4.93. The molecule has 0 unspecified atom stereocenters. The van der Waals surface area contributed by atoms with Crippen LogP contribution in [0.1, 0.15) is 28.3 Å². The minimum atomic E-state index is -3.97. The van der Waals surface area contributed by atoms with E-state index in [4.69, 9.17) is 4.42 Å². The Kier molecular flexibility index (Phi) is 7.60. The number of furan rings is 1. The number of hydrogen-bond donors (Lipinski definition) is 3. The van der Waals surface area contributed by atoms with Crippen LogP contribution in [0.15, 0.2) is 57.8 Å².